The molecule has 3 aromatic carbocycles. The Hall–Kier alpha value is -3.24. The molecule has 0 saturated carbocycles. The first kappa shape index (κ1) is 16.7. The Morgan fingerprint density at radius 2 is 1.72 bits per heavy atom. The number of fused-ring (bicyclic) bond motifs is 3. The van der Waals surface area contributed by atoms with Crippen molar-refractivity contribution in [3.05, 3.63) is 95.2 Å². The highest BCUT2D eigenvalue weighted by molar-refractivity contribution is 5.77. The van der Waals surface area contributed by atoms with E-state index in [1.54, 1.807) is 6.26 Å². The summed E-state index contributed by atoms with van der Waals surface area (Å²) in [6.45, 7) is 1.38. The van der Waals surface area contributed by atoms with Gasteiger partial charge in [-0.25, -0.2) is 0 Å². The minimum atomic E-state index is -0.0747. The third-order valence-corrected chi connectivity index (χ3v) is 5.96. The second kappa shape index (κ2) is 6.68. The molecule has 2 aliphatic rings. The van der Waals surface area contributed by atoms with Gasteiger partial charge in [-0.05, 0) is 52.9 Å². The van der Waals surface area contributed by atoms with Crippen molar-refractivity contribution in [1.82, 2.24) is 5.32 Å². The highest BCUT2D eigenvalue weighted by Gasteiger charge is 2.25. The van der Waals surface area contributed by atoms with Crippen molar-refractivity contribution in [2.45, 2.75) is 25.1 Å². The minimum absolute atomic E-state index is 0.0747. The number of nitrogens with one attached hydrogen (secondary N) is 1. The molecule has 29 heavy (non-hydrogen) atoms. The maximum Gasteiger partial charge on any atom is 0.162 e. The van der Waals surface area contributed by atoms with E-state index in [9.17, 15) is 0 Å². The van der Waals surface area contributed by atoms with Crippen LogP contribution in [-0.4, -0.2) is 6.61 Å². The Morgan fingerprint density at radius 1 is 0.828 bits per heavy atom. The SMILES string of the molecule is c1ccc2c(c1)OCC(c1ccc3c(c1)CNC(c1ccc4ccoc4c1)C3)O2. The standard InChI is InChI=1S/C25H21NO3/c1-2-4-23-22(3-1)28-15-25(29-23)19-8-6-17-12-21(26-14-20(17)11-19)18-7-5-16-9-10-27-24(16)13-18/h1-11,13,21,25-26H,12,14-15H2. The largest absolute Gasteiger partial charge is 0.485 e. The van der Waals surface area contributed by atoms with E-state index in [1.807, 2.05) is 30.3 Å². The van der Waals surface area contributed by atoms with Gasteiger partial charge in [0.2, 0.25) is 0 Å². The van der Waals surface area contributed by atoms with Crippen molar-refractivity contribution >= 4 is 11.0 Å². The molecule has 0 saturated heterocycles. The summed E-state index contributed by atoms with van der Waals surface area (Å²) in [4.78, 5) is 0. The Balaban J connectivity index is 1.24. The van der Waals surface area contributed by atoms with Crippen LogP contribution in [0, 0.1) is 0 Å². The van der Waals surface area contributed by atoms with Gasteiger partial charge in [-0.2, -0.15) is 0 Å². The normalized spacial score (nSPS) is 20.4. The zero-order chi connectivity index (χ0) is 19.2. The van der Waals surface area contributed by atoms with Crippen molar-refractivity contribution in [3.8, 4) is 11.5 Å². The molecule has 1 aromatic heterocycles. The molecule has 1 N–H and O–H groups in total. The van der Waals surface area contributed by atoms with Crippen LogP contribution in [-0.2, 0) is 13.0 Å². The number of furan rings is 1. The molecular formula is C25H21NO3. The third kappa shape index (κ3) is 2.97. The van der Waals surface area contributed by atoms with E-state index in [2.05, 4.69) is 41.7 Å². The molecule has 4 heteroatoms. The van der Waals surface area contributed by atoms with Crippen LogP contribution in [0.4, 0.5) is 0 Å². The Kier molecular flexibility index (Phi) is 3.84. The molecule has 0 radical (unpaired) electrons. The molecule has 3 heterocycles. The van der Waals surface area contributed by atoms with Gasteiger partial charge >= 0.3 is 0 Å². The lowest BCUT2D eigenvalue weighted by Crippen LogP contribution is -2.29. The third-order valence-electron chi connectivity index (χ3n) is 5.96. The fourth-order valence-electron chi connectivity index (χ4n) is 4.34. The molecule has 2 unspecified atom stereocenters. The first-order valence-corrected chi connectivity index (χ1v) is 10.0. The van der Waals surface area contributed by atoms with Crippen molar-refractivity contribution in [3.63, 3.8) is 0 Å². The molecule has 0 fully saturated rings. The molecule has 2 aliphatic heterocycles. The maximum atomic E-state index is 6.18. The fourth-order valence-corrected chi connectivity index (χ4v) is 4.34. The number of para-hydroxylation sites is 2. The lowest BCUT2D eigenvalue weighted by molar-refractivity contribution is 0.0912. The van der Waals surface area contributed by atoms with E-state index in [4.69, 9.17) is 13.9 Å². The molecule has 0 aliphatic carbocycles. The van der Waals surface area contributed by atoms with Gasteiger partial charge in [0.25, 0.3) is 0 Å². The van der Waals surface area contributed by atoms with Crippen LogP contribution < -0.4 is 14.8 Å². The van der Waals surface area contributed by atoms with Crippen molar-refractivity contribution in [2.24, 2.45) is 0 Å². The molecule has 144 valence electrons. The number of hydrogen-bond acceptors (Lipinski definition) is 4. The zero-order valence-electron chi connectivity index (χ0n) is 15.9. The lowest BCUT2D eigenvalue weighted by Gasteiger charge is -2.30. The van der Waals surface area contributed by atoms with Gasteiger partial charge in [-0.1, -0.05) is 42.5 Å². The van der Waals surface area contributed by atoms with Gasteiger partial charge in [0.05, 0.1) is 6.26 Å². The maximum absolute atomic E-state index is 6.18. The summed E-state index contributed by atoms with van der Waals surface area (Å²) in [7, 11) is 0. The quantitative estimate of drug-likeness (QED) is 0.508. The smallest absolute Gasteiger partial charge is 0.162 e. The first-order chi connectivity index (χ1) is 14.3. The molecule has 2 atom stereocenters. The molecule has 0 amide bonds. The van der Waals surface area contributed by atoms with E-state index in [1.165, 1.54) is 16.7 Å². The number of rotatable bonds is 2. The predicted molar refractivity (Wildman–Crippen MR) is 111 cm³/mol. The first-order valence-electron chi connectivity index (χ1n) is 10.0. The Bertz CT molecular complexity index is 1200. The highest BCUT2D eigenvalue weighted by atomic mass is 16.6. The molecule has 0 bridgehead atoms. The number of benzene rings is 3. The van der Waals surface area contributed by atoms with Crippen LogP contribution >= 0.6 is 0 Å². The average molecular weight is 383 g/mol. The minimum Gasteiger partial charge on any atom is -0.485 e. The van der Waals surface area contributed by atoms with Crippen LogP contribution in [0.15, 0.2) is 77.4 Å². The van der Waals surface area contributed by atoms with Gasteiger partial charge in [-0.15, -0.1) is 0 Å². The van der Waals surface area contributed by atoms with Crippen LogP contribution in [0.2, 0.25) is 0 Å². The van der Waals surface area contributed by atoms with Gasteiger partial charge in [0.15, 0.2) is 17.6 Å². The summed E-state index contributed by atoms with van der Waals surface area (Å²) in [6, 6.07) is 23.3. The van der Waals surface area contributed by atoms with E-state index in [-0.39, 0.29) is 6.10 Å². The summed E-state index contributed by atoms with van der Waals surface area (Å²) in [5.74, 6) is 1.63. The van der Waals surface area contributed by atoms with E-state index >= 15 is 0 Å². The van der Waals surface area contributed by atoms with Gasteiger partial charge < -0.3 is 19.2 Å². The van der Waals surface area contributed by atoms with Gasteiger partial charge in [-0.3, -0.25) is 0 Å². The van der Waals surface area contributed by atoms with Crippen molar-refractivity contribution in [2.75, 3.05) is 6.61 Å². The van der Waals surface area contributed by atoms with Crippen LogP contribution in [0.1, 0.15) is 34.4 Å². The van der Waals surface area contributed by atoms with E-state index in [0.717, 1.165) is 41.0 Å². The van der Waals surface area contributed by atoms with E-state index in [0.29, 0.717) is 12.6 Å². The zero-order valence-corrected chi connectivity index (χ0v) is 15.9. The van der Waals surface area contributed by atoms with Crippen LogP contribution in [0.3, 0.4) is 0 Å². The van der Waals surface area contributed by atoms with Crippen molar-refractivity contribution in [1.29, 1.82) is 0 Å². The number of ether oxygens (including phenoxy) is 2. The summed E-state index contributed by atoms with van der Waals surface area (Å²) in [6.07, 6.45) is 2.64. The lowest BCUT2D eigenvalue weighted by atomic mass is 9.89. The molecule has 4 aromatic rings. The molecule has 4 nitrogen and oxygen atoms in total. The predicted octanol–water partition coefficient (Wildman–Crippen LogP) is 5.33. The van der Waals surface area contributed by atoms with Gasteiger partial charge in [0.1, 0.15) is 12.2 Å². The number of hydrogen-bond donors (Lipinski definition) is 1. The second-order valence-corrected chi connectivity index (χ2v) is 7.75. The molecule has 0 spiro atoms. The Morgan fingerprint density at radius 3 is 2.69 bits per heavy atom. The Labute approximate surface area is 169 Å². The molecule has 6 rings (SSSR count). The van der Waals surface area contributed by atoms with Crippen molar-refractivity contribution < 1.29 is 13.9 Å². The molecular weight excluding hydrogens is 362 g/mol. The monoisotopic (exact) mass is 383 g/mol. The second-order valence-electron chi connectivity index (χ2n) is 7.75. The summed E-state index contributed by atoms with van der Waals surface area (Å²) >= 11 is 0. The van der Waals surface area contributed by atoms with Crippen LogP contribution in [0.5, 0.6) is 11.5 Å². The average Bonchev–Trinajstić information content (AvgIpc) is 3.26. The van der Waals surface area contributed by atoms with E-state index < -0.39 is 0 Å². The highest BCUT2D eigenvalue weighted by Crippen LogP contribution is 2.37. The topological polar surface area (TPSA) is 43.6 Å². The summed E-state index contributed by atoms with van der Waals surface area (Å²) in [5.41, 5.74) is 6.09. The van der Waals surface area contributed by atoms with Gasteiger partial charge in [0, 0.05) is 18.0 Å². The van der Waals surface area contributed by atoms with Crippen LogP contribution in [0.25, 0.3) is 11.0 Å². The summed E-state index contributed by atoms with van der Waals surface area (Å²) in [5, 5.41) is 4.82. The summed E-state index contributed by atoms with van der Waals surface area (Å²) < 4.78 is 17.6. The fraction of sp³-hybridized carbons (Fsp3) is 0.200.